The molecule has 0 spiro atoms. The topological polar surface area (TPSA) is 49.9 Å². The highest BCUT2D eigenvalue weighted by molar-refractivity contribution is 7.92. The third-order valence-corrected chi connectivity index (χ3v) is 7.44. The second kappa shape index (κ2) is 13.0. The lowest BCUT2D eigenvalue weighted by atomic mass is 10.2. The zero-order chi connectivity index (χ0) is 25.2. The van der Waals surface area contributed by atoms with E-state index >= 15 is 0 Å². The van der Waals surface area contributed by atoms with Crippen molar-refractivity contribution in [2.75, 3.05) is 38.1 Å². The molecule has 0 unspecified atom stereocenters. The van der Waals surface area contributed by atoms with E-state index in [2.05, 4.69) is 18.9 Å². The summed E-state index contributed by atoms with van der Waals surface area (Å²) >= 11 is 0. The van der Waals surface area contributed by atoms with Crippen LogP contribution < -0.4 is 9.04 Å². The van der Waals surface area contributed by atoms with E-state index in [0.717, 1.165) is 60.9 Å². The molecular weight excluding hydrogens is 465 g/mol. The van der Waals surface area contributed by atoms with Gasteiger partial charge in [-0.05, 0) is 87.9 Å². The van der Waals surface area contributed by atoms with E-state index in [0.29, 0.717) is 18.0 Å². The molecule has 2 aromatic rings. The van der Waals surface area contributed by atoms with Crippen molar-refractivity contribution in [3.05, 3.63) is 54.1 Å². The molecule has 0 aromatic heterocycles. The van der Waals surface area contributed by atoms with Gasteiger partial charge in [0.1, 0.15) is 5.75 Å². The van der Waals surface area contributed by atoms with Crippen LogP contribution in [-0.4, -0.2) is 47.1 Å². The van der Waals surface area contributed by atoms with E-state index in [1.165, 1.54) is 26.3 Å². The molecule has 2 rings (SSSR count). The van der Waals surface area contributed by atoms with Gasteiger partial charge < -0.3 is 9.64 Å². The lowest BCUT2D eigenvalue weighted by molar-refractivity contribution is -0.137. The highest BCUT2D eigenvalue weighted by Crippen LogP contribution is 2.31. The van der Waals surface area contributed by atoms with Gasteiger partial charge in [0.2, 0.25) is 0 Å². The average molecular weight is 501 g/mol. The van der Waals surface area contributed by atoms with Gasteiger partial charge in [0, 0.05) is 7.05 Å². The van der Waals surface area contributed by atoms with Gasteiger partial charge in [0.15, 0.2) is 0 Å². The first-order valence-electron chi connectivity index (χ1n) is 11.6. The van der Waals surface area contributed by atoms with Crippen LogP contribution >= 0.6 is 0 Å². The number of sulfonamides is 1. The summed E-state index contributed by atoms with van der Waals surface area (Å²) in [5.41, 5.74) is -0.505. The molecule has 0 atom stereocenters. The molecule has 34 heavy (non-hydrogen) atoms. The quantitative estimate of drug-likeness (QED) is 0.290. The molecule has 0 saturated carbocycles. The summed E-state index contributed by atoms with van der Waals surface area (Å²) in [5, 5.41) is 0. The number of benzene rings is 2. The van der Waals surface area contributed by atoms with E-state index in [4.69, 9.17) is 4.74 Å². The zero-order valence-electron chi connectivity index (χ0n) is 20.1. The minimum Gasteiger partial charge on any atom is -0.494 e. The maximum atomic E-state index is 12.8. The van der Waals surface area contributed by atoms with Crippen LogP contribution in [0.4, 0.5) is 18.9 Å². The Balaban J connectivity index is 1.80. The molecule has 0 N–H and O–H groups in total. The van der Waals surface area contributed by atoms with E-state index < -0.39 is 21.8 Å². The standard InChI is InChI=1S/C25H35F3N2O3S/c1-4-5-18-29(2)19-8-6-7-9-20-33-23-14-12-22(13-15-23)30(3)34(31,32)24-16-10-21(11-17-24)25(26,27)28/h10-17H,4-9,18-20H2,1-3H3. The molecule has 0 aliphatic rings. The predicted molar refractivity (Wildman–Crippen MR) is 130 cm³/mol. The van der Waals surface area contributed by atoms with Crippen molar-refractivity contribution in [2.45, 2.75) is 56.5 Å². The fourth-order valence-electron chi connectivity index (χ4n) is 3.43. The molecule has 0 aliphatic heterocycles. The van der Waals surface area contributed by atoms with Gasteiger partial charge in [-0.25, -0.2) is 8.42 Å². The van der Waals surface area contributed by atoms with Gasteiger partial charge in [-0.15, -0.1) is 0 Å². The highest BCUT2D eigenvalue weighted by atomic mass is 32.2. The smallest absolute Gasteiger partial charge is 0.416 e. The van der Waals surface area contributed by atoms with Crippen molar-refractivity contribution >= 4 is 15.7 Å². The number of hydrogen-bond acceptors (Lipinski definition) is 4. The molecule has 0 heterocycles. The molecular formula is C25H35F3N2O3S. The molecule has 0 radical (unpaired) electrons. The maximum Gasteiger partial charge on any atom is 0.416 e. The van der Waals surface area contributed by atoms with Gasteiger partial charge in [0.25, 0.3) is 10.0 Å². The van der Waals surface area contributed by atoms with E-state index in [9.17, 15) is 21.6 Å². The molecule has 0 bridgehead atoms. The predicted octanol–water partition coefficient (Wildman–Crippen LogP) is 6.20. The second-order valence-corrected chi connectivity index (χ2v) is 10.4. The Hall–Kier alpha value is -2.26. The Kier molecular flexibility index (Phi) is 10.7. The monoisotopic (exact) mass is 500 g/mol. The SMILES string of the molecule is CCCCN(C)CCCCCCOc1ccc(N(C)S(=O)(=O)c2ccc(C(F)(F)F)cc2)cc1. The highest BCUT2D eigenvalue weighted by Gasteiger charge is 2.31. The van der Waals surface area contributed by atoms with Crippen LogP contribution in [0.15, 0.2) is 53.4 Å². The summed E-state index contributed by atoms with van der Waals surface area (Å²) in [6.07, 6.45) is 2.30. The largest absolute Gasteiger partial charge is 0.494 e. The van der Waals surface area contributed by atoms with E-state index in [1.54, 1.807) is 24.3 Å². The first-order chi connectivity index (χ1) is 16.1. The number of unbranched alkanes of at least 4 members (excludes halogenated alkanes) is 4. The first-order valence-corrected chi connectivity index (χ1v) is 13.1. The molecule has 5 nitrogen and oxygen atoms in total. The second-order valence-electron chi connectivity index (χ2n) is 8.41. The van der Waals surface area contributed by atoms with Crippen molar-refractivity contribution in [2.24, 2.45) is 0 Å². The maximum absolute atomic E-state index is 12.8. The molecule has 0 aliphatic carbocycles. The number of anilines is 1. The molecule has 9 heteroatoms. The molecule has 2 aromatic carbocycles. The third kappa shape index (κ3) is 8.51. The van der Waals surface area contributed by atoms with Crippen LogP contribution in [0.3, 0.4) is 0 Å². The van der Waals surface area contributed by atoms with Gasteiger partial charge in [0.05, 0.1) is 22.8 Å². The minimum absolute atomic E-state index is 0.208. The average Bonchev–Trinajstić information content (AvgIpc) is 2.81. The lowest BCUT2D eigenvalue weighted by Gasteiger charge is -2.20. The third-order valence-electron chi connectivity index (χ3n) is 5.64. The number of halogens is 3. The van der Waals surface area contributed by atoms with Crippen molar-refractivity contribution in [1.82, 2.24) is 4.90 Å². The normalized spacial score (nSPS) is 12.2. The van der Waals surface area contributed by atoms with Crippen LogP contribution in [-0.2, 0) is 16.2 Å². The summed E-state index contributed by atoms with van der Waals surface area (Å²) in [5.74, 6) is 0.642. The fourth-order valence-corrected chi connectivity index (χ4v) is 4.63. The van der Waals surface area contributed by atoms with Gasteiger partial charge in [-0.3, -0.25) is 4.31 Å². The molecule has 190 valence electrons. The van der Waals surface area contributed by atoms with E-state index in [-0.39, 0.29) is 4.90 Å². The number of rotatable bonds is 14. The van der Waals surface area contributed by atoms with Crippen molar-refractivity contribution in [3.63, 3.8) is 0 Å². The Morgan fingerprint density at radius 1 is 0.824 bits per heavy atom. The van der Waals surface area contributed by atoms with Crippen LogP contribution in [0.5, 0.6) is 5.75 Å². The Morgan fingerprint density at radius 3 is 2.00 bits per heavy atom. The Morgan fingerprint density at radius 2 is 1.41 bits per heavy atom. The van der Waals surface area contributed by atoms with Gasteiger partial charge in [-0.2, -0.15) is 13.2 Å². The number of hydrogen-bond donors (Lipinski definition) is 0. The van der Waals surface area contributed by atoms with Crippen LogP contribution in [0, 0.1) is 0 Å². The molecule has 0 fully saturated rings. The summed E-state index contributed by atoms with van der Waals surface area (Å²) in [7, 11) is -0.462. The van der Waals surface area contributed by atoms with Crippen molar-refractivity contribution in [3.8, 4) is 5.75 Å². The van der Waals surface area contributed by atoms with Crippen molar-refractivity contribution < 1.29 is 26.3 Å². The number of nitrogens with zero attached hydrogens (tertiary/aromatic N) is 2. The van der Waals surface area contributed by atoms with E-state index in [1.807, 2.05) is 0 Å². The molecule has 0 amide bonds. The fraction of sp³-hybridized carbons (Fsp3) is 0.520. The lowest BCUT2D eigenvalue weighted by Crippen LogP contribution is -2.26. The Labute approximate surface area is 201 Å². The summed E-state index contributed by atoms with van der Waals surface area (Å²) in [4.78, 5) is 2.16. The van der Waals surface area contributed by atoms with Crippen LogP contribution in [0.1, 0.15) is 51.0 Å². The van der Waals surface area contributed by atoms with Crippen molar-refractivity contribution in [1.29, 1.82) is 0 Å². The van der Waals surface area contributed by atoms with Gasteiger partial charge >= 0.3 is 6.18 Å². The Bertz CT molecular complexity index is 962. The van der Waals surface area contributed by atoms with Crippen LogP contribution in [0.2, 0.25) is 0 Å². The minimum atomic E-state index is -4.52. The van der Waals surface area contributed by atoms with Crippen LogP contribution in [0.25, 0.3) is 0 Å². The summed E-state index contributed by atoms with van der Waals surface area (Å²) in [6.45, 7) is 5.05. The summed E-state index contributed by atoms with van der Waals surface area (Å²) < 4.78 is 70.6. The number of ether oxygens (including phenoxy) is 1. The zero-order valence-corrected chi connectivity index (χ0v) is 21.0. The summed E-state index contributed by atoms with van der Waals surface area (Å²) in [6, 6.07) is 10.1. The van der Waals surface area contributed by atoms with Gasteiger partial charge in [-0.1, -0.05) is 26.2 Å². The first kappa shape index (κ1) is 28.0. The molecule has 0 saturated heterocycles. The number of alkyl halides is 3.